The first-order valence-corrected chi connectivity index (χ1v) is 11.7. The van der Waals surface area contributed by atoms with Gasteiger partial charge in [0.2, 0.25) is 0 Å². The smallest absolute Gasteiger partial charge is 0.279 e. The molecule has 0 aliphatic rings. The topological polar surface area (TPSA) is 104 Å². The monoisotopic (exact) mass is 460 g/mol. The summed E-state index contributed by atoms with van der Waals surface area (Å²) in [7, 11) is 1.87. The lowest BCUT2D eigenvalue weighted by Gasteiger charge is -2.12. The van der Waals surface area contributed by atoms with Crippen LogP contribution in [0.2, 0.25) is 0 Å². The number of primary amides is 1. The van der Waals surface area contributed by atoms with Gasteiger partial charge in [0.1, 0.15) is 0 Å². The van der Waals surface area contributed by atoms with Gasteiger partial charge in [-0.25, -0.2) is 9.67 Å². The summed E-state index contributed by atoms with van der Waals surface area (Å²) in [6.45, 7) is 6.63. The van der Waals surface area contributed by atoms with Crippen LogP contribution in [-0.4, -0.2) is 29.8 Å². The van der Waals surface area contributed by atoms with Crippen LogP contribution in [0.3, 0.4) is 0 Å². The summed E-state index contributed by atoms with van der Waals surface area (Å²) in [6.07, 6.45) is 6.89. The van der Waals surface area contributed by atoms with Gasteiger partial charge >= 0.3 is 0 Å². The molecule has 1 amide bonds. The molecule has 0 fully saturated rings. The van der Waals surface area contributed by atoms with Crippen molar-refractivity contribution in [1.82, 2.24) is 23.9 Å². The van der Waals surface area contributed by atoms with E-state index < -0.39 is 5.91 Å². The maximum absolute atomic E-state index is 13.8. The molecule has 34 heavy (non-hydrogen) atoms. The van der Waals surface area contributed by atoms with Crippen molar-refractivity contribution in [3.63, 3.8) is 0 Å². The Bertz CT molecular complexity index is 1360. The third kappa shape index (κ3) is 4.00. The number of benzene rings is 1. The third-order valence-corrected chi connectivity index (χ3v) is 6.61. The number of unbranched alkanes of at least 4 members (excludes halogenated alkanes) is 1. The van der Waals surface area contributed by atoms with Crippen LogP contribution < -0.4 is 11.3 Å². The number of aromatic nitrogens is 5. The Morgan fingerprint density at radius 3 is 2.44 bits per heavy atom. The van der Waals surface area contributed by atoms with Crippen molar-refractivity contribution in [2.45, 2.75) is 53.0 Å². The normalized spacial score (nSPS) is 11.3. The van der Waals surface area contributed by atoms with Gasteiger partial charge in [0.05, 0.1) is 23.1 Å². The summed E-state index contributed by atoms with van der Waals surface area (Å²) in [4.78, 5) is 33.8. The number of carbonyl (C=O) groups excluding carboxylic acids is 1. The minimum atomic E-state index is -0.514. The Balaban J connectivity index is 1.96. The van der Waals surface area contributed by atoms with E-state index in [2.05, 4.69) is 21.5 Å². The van der Waals surface area contributed by atoms with Gasteiger partial charge < -0.3 is 15.3 Å². The van der Waals surface area contributed by atoms with Crippen molar-refractivity contribution in [3.8, 4) is 16.8 Å². The molecule has 3 N–H and O–H groups in total. The number of hydrogen-bond donors (Lipinski definition) is 2. The number of H-pyrrole nitrogens is 1. The fourth-order valence-electron chi connectivity index (χ4n) is 4.79. The summed E-state index contributed by atoms with van der Waals surface area (Å²) in [5.41, 5.74) is 11.8. The van der Waals surface area contributed by atoms with Crippen molar-refractivity contribution >= 4 is 5.91 Å². The van der Waals surface area contributed by atoms with E-state index in [4.69, 9.17) is 5.73 Å². The zero-order valence-electron chi connectivity index (χ0n) is 20.3. The minimum Gasteiger partial charge on any atom is -0.366 e. The van der Waals surface area contributed by atoms with Gasteiger partial charge in [-0.05, 0) is 38.8 Å². The number of carbonyl (C=O) groups is 1. The Labute approximate surface area is 199 Å². The second-order valence-corrected chi connectivity index (χ2v) is 8.66. The van der Waals surface area contributed by atoms with E-state index in [-0.39, 0.29) is 5.56 Å². The molecule has 0 aliphatic heterocycles. The number of hydrogen-bond acceptors (Lipinski definition) is 3. The third-order valence-electron chi connectivity index (χ3n) is 6.61. The lowest BCUT2D eigenvalue weighted by atomic mass is 9.98. The molecule has 1 aromatic carbocycles. The molecule has 178 valence electrons. The van der Waals surface area contributed by atoms with Gasteiger partial charge in [0.25, 0.3) is 11.5 Å². The highest BCUT2D eigenvalue weighted by Crippen LogP contribution is 2.34. The van der Waals surface area contributed by atoms with E-state index in [9.17, 15) is 9.59 Å². The summed E-state index contributed by atoms with van der Waals surface area (Å²) >= 11 is 0. The van der Waals surface area contributed by atoms with Crippen molar-refractivity contribution in [1.29, 1.82) is 0 Å². The first kappa shape index (κ1) is 23.4. The molecule has 0 saturated carbocycles. The van der Waals surface area contributed by atoms with Crippen molar-refractivity contribution in [3.05, 3.63) is 81.5 Å². The van der Waals surface area contributed by atoms with Crippen LogP contribution in [-0.2, 0) is 26.4 Å². The first-order chi connectivity index (χ1) is 16.4. The van der Waals surface area contributed by atoms with E-state index in [1.165, 1.54) is 0 Å². The number of para-hydroxylation sites is 1. The molecule has 0 aliphatic carbocycles. The molecule has 3 aromatic heterocycles. The maximum Gasteiger partial charge on any atom is 0.279 e. The summed E-state index contributed by atoms with van der Waals surface area (Å²) in [5, 5.41) is 0. The molecule has 0 saturated heterocycles. The highest BCUT2D eigenvalue weighted by molar-refractivity contribution is 6.02. The SMILES string of the molecule is CCCCc1c(-c2c(C)n(C)n(-c3ccccc3)c2=O)c(C(N)=O)c(C)n1CCc1cnc[nH]1. The number of nitrogens with two attached hydrogens (primary N) is 1. The average Bonchev–Trinajstić information content (AvgIpc) is 3.48. The fourth-order valence-corrected chi connectivity index (χ4v) is 4.79. The summed E-state index contributed by atoms with van der Waals surface area (Å²) in [6, 6.07) is 9.53. The van der Waals surface area contributed by atoms with Crippen LogP contribution in [0, 0.1) is 13.8 Å². The molecule has 4 aromatic rings. The highest BCUT2D eigenvalue weighted by Gasteiger charge is 2.29. The quantitative estimate of drug-likeness (QED) is 0.398. The van der Waals surface area contributed by atoms with Crippen LogP contribution >= 0.6 is 0 Å². The predicted molar refractivity (Wildman–Crippen MR) is 133 cm³/mol. The van der Waals surface area contributed by atoms with E-state index >= 15 is 0 Å². The van der Waals surface area contributed by atoms with Crippen LogP contribution in [0.25, 0.3) is 16.8 Å². The maximum atomic E-state index is 13.8. The molecule has 0 atom stereocenters. The average molecular weight is 461 g/mol. The van der Waals surface area contributed by atoms with Gasteiger partial charge in [0, 0.05) is 54.5 Å². The lowest BCUT2D eigenvalue weighted by molar-refractivity contribution is 0.1000. The number of nitrogens with one attached hydrogen (secondary N) is 1. The molecular weight excluding hydrogens is 428 g/mol. The molecule has 0 bridgehead atoms. The van der Waals surface area contributed by atoms with E-state index in [0.717, 1.165) is 54.1 Å². The number of rotatable bonds is 9. The Morgan fingerprint density at radius 2 is 1.82 bits per heavy atom. The molecule has 3 heterocycles. The Morgan fingerprint density at radius 1 is 1.09 bits per heavy atom. The summed E-state index contributed by atoms with van der Waals surface area (Å²) in [5.74, 6) is -0.514. The minimum absolute atomic E-state index is 0.155. The Kier molecular flexibility index (Phi) is 6.58. The van der Waals surface area contributed by atoms with E-state index in [1.54, 1.807) is 17.2 Å². The molecular formula is C26H32N6O2. The molecule has 8 nitrogen and oxygen atoms in total. The predicted octanol–water partition coefficient (Wildman–Crippen LogP) is 3.67. The Hall–Kier alpha value is -3.81. The first-order valence-electron chi connectivity index (χ1n) is 11.7. The van der Waals surface area contributed by atoms with E-state index in [1.807, 2.05) is 55.9 Å². The van der Waals surface area contributed by atoms with Crippen LogP contribution in [0.5, 0.6) is 0 Å². The number of amides is 1. The second kappa shape index (κ2) is 9.59. The lowest BCUT2D eigenvalue weighted by Crippen LogP contribution is -2.21. The largest absolute Gasteiger partial charge is 0.366 e. The summed E-state index contributed by atoms with van der Waals surface area (Å²) < 4.78 is 5.65. The van der Waals surface area contributed by atoms with Crippen LogP contribution in [0.4, 0.5) is 0 Å². The van der Waals surface area contributed by atoms with E-state index in [0.29, 0.717) is 23.2 Å². The number of aromatic amines is 1. The number of imidazole rings is 1. The van der Waals surface area contributed by atoms with Gasteiger partial charge in [-0.3, -0.25) is 14.3 Å². The van der Waals surface area contributed by atoms with Gasteiger partial charge in [-0.1, -0.05) is 31.5 Å². The van der Waals surface area contributed by atoms with Gasteiger partial charge in [-0.15, -0.1) is 0 Å². The van der Waals surface area contributed by atoms with Crippen LogP contribution in [0.15, 0.2) is 47.7 Å². The van der Waals surface area contributed by atoms with Gasteiger partial charge in [-0.2, -0.15) is 0 Å². The number of aryl methyl sites for hydroxylation is 1. The molecule has 8 heteroatoms. The zero-order valence-corrected chi connectivity index (χ0v) is 20.3. The fraction of sp³-hybridized carbons (Fsp3) is 0.346. The molecule has 0 spiro atoms. The van der Waals surface area contributed by atoms with Crippen LogP contribution in [0.1, 0.15) is 52.9 Å². The van der Waals surface area contributed by atoms with Gasteiger partial charge in [0.15, 0.2) is 0 Å². The van der Waals surface area contributed by atoms with Crippen molar-refractivity contribution < 1.29 is 4.79 Å². The number of nitrogens with zero attached hydrogens (tertiary/aromatic N) is 4. The van der Waals surface area contributed by atoms with Crippen molar-refractivity contribution in [2.24, 2.45) is 12.8 Å². The second-order valence-electron chi connectivity index (χ2n) is 8.66. The zero-order chi connectivity index (χ0) is 24.4. The highest BCUT2D eigenvalue weighted by atomic mass is 16.1. The molecule has 0 radical (unpaired) electrons. The van der Waals surface area contributed by atoms with Crippen molar-refractivity contribution in [2.75, 3.05) is 0 Å². The molecule has 4 rings (SSSR count). The standard InChI is InChI=1S/C26H32N6O2/c1-5-6-12-21-24(22(25(27)33)18(3)31(21)14-13-19-15-28-16-29-19)23-17(2)30(4)32(26(23)34)20-10-8-7-9-11-20/h7-11,15-16H,5-6,12-14H2,1-4H3,(H2,27,33)(H,28,29). The molecule has 0 unspecified atom stereocenters.